The van der Waals surface area contributed by atoms with E-state index in [2.05, 4.69) is 85.4 Å². The molecule has 1 aliphatic heterocycles. The second kappa shape index (κ2) is 22.0. The number of H-pyrrole nitrogens is 2. The number of nitrogens with zero attached hydrogens (tertiary/aromatic N) is 3. The normalized spacial score (nSPS) is 14.3. The smallest absolute Gasteiger partial charge is 0.407 e. The second-order valence-corrected chi connectivity index (χ2v) is 18.7. The minimum absolute atomic E-state index is 0. The fourth-order valence-corrected chi connectivity index (χ4v) is 8.40. The molecule has 2 aromatic heterocycles. The molecule has 0 unspecified atom stereocenters. The molecule has 0 spiro atoms. The summed E-state index contributed by atoms with van der Waals surface area (Å²) >= 11 is 0. The van der Waals surface area contributed by atoms with Crippen LogP contribution in [0.1, 0.15) is 103 Å². The summed E-state index contributed by atoms with van der Waals surface area (Å²) in [5.74, 6) is -0.449. The van der Waals surface area contributed by atoms with Gasteiger partial charge in [-0.25, -0.2) is 19.4 Å². The number of aromatic nitrogens is 3. The van der Waals surface area contributed by atoms with Crippen LogP contribution < -0.4 is 16.0 Å². The number of urea groups is 1. The van der Waals surface area contributed by atoms with Crippen LogP contribution in [0.25, 0.3) is 10.9 Å². The Morgan fingerprint density at radius 3 is 2.06 bits per heavy atom. The van der Waals surface area contributed by atoms with Crippen molar-refractivity contribution in [2.45, 2.75) is 96.1 Å². The van der Waals surface area contributed by atoms with Gasteiger partial charge in [0.2, 0.25) is 5.91 Å². The largest absolute Gasteiger partial charge is 0.458 e. The number of imidazole rings is 1. The van der Waals surface area contributed by atoms with E-state index in [-0.39, 0.29) is 28.0 Å². The Hall–Kier alpha value is -6.93. The Balaban J connectivity index is 0.00000444. The van der Waals surface area contributed by atoms with Crippen molar-refractivity contribution in [2.24, 2.45) is 0 Å². The summed E-state index contributed by atoms with van der Waals surface area (Å²) in [5, 5.41) is 10.1. The Morgan fingerprint density at radius 2 is 1.40 bits per heavy atom. The number of fused-ring (bicyclic) bond motifs is 1. The average molecular weight is 913 g/mol. The summed E-state index contributed by atoms with van der Waals surface area (Å²) in [7, 11) is 0. The van der Waals surface area contributed by atoms with Crippen LogP contribution in [0.2, 0.25) is 0 Å². The highest BCUT2D eigenvalue weighted by atomic mass is 16.6. The van der Waals surface area contributed by atoms with E-state index in [9.17, 15) is 19.2 Å². The summed E-state index contributed by atoms with van der Waals surface area (Å²) in [6.07, 6.45) is 4.84. The zero-order valence-electron chi connectivity index (χ0n) is 39.2. The van der Waals surface area contributed by atoms with Gasteiger partial charge in [-0.05, 0) is 82.2 Å². The van der Waals surface area contributed by atoms with E-state index in [1.807, 2.05) is 71.8 Å². The summed E-state index contributed by atoms with van der Waals surface area (Å²) in [4.78, 5) is 70.1. The standard InChI is InChI=1S/C53H64N8O6.2H2/c1-52(2,3)67-48(62)43(27-17-18-28-54-51(65)66-36-37-19-9-6-10-20-37)57-49(63)53(4,5)45-35-56-47(59-45)44(33-40-34-55-42-26-16-15-25-41(40)42)58-50(64)61-31-29-60(30-32-61)46(38-21-11-7-12-22-38)39-23-13-8-14-24-39;;/h6-16,19-26,34-35,43-44,46,55H,17-18,27-33,36H2,1-5H3,(H,54,65)(H,56,59)(H,57,63)(H,58,64);2*1H/t43-,44-;;/m1../s1. The highest BCUT2D eigenvalue weighted by Gasteiger charge is 2.37. The quantitative estimate of drug-likeness (QED) is 0.0420. The van der Waals surface area contributed by atoms with Crippen LogP contribution >= 0.6 is 0 Å². The van der Waals surface area contributed by atoms with E-state index in [0.717, 1.165) is 22.0 Å². The average Bonchev–Trinajstić information content (AvgIpc) is 4.00. The molecule has 7 rings (SSSR count). The van der Waals surface area contributed by atoms with Crippen molar-refractivity contribution in [1.82, 2.24) is 40.7 Å². The molecule has 3 heterocycles. The van der Waals surface area contributed by atoms with Crippen molar-refractivity contribution < 1.29 is 31.5 Å². The third-order valence-corrected chi connectivity index (χ3v) is 12.2. The van der Waals surface area contributed by atoms with Crippen molar-refractivity contribution >= 4 is 34.9 Å². The topological polar surface area (TPSA) is 174 Å². The molecule has 0 bridgehead atoms. The molecule has 5 N–H and O–H groups in total. The summed E-state index contributed by atoms with van der Waals surface area (Å²) in [6, 6.07) is 36.8. The number of rotatable bonds is 18. The number of piperazine rings is 1. The van der Waals surface area contributed by atoms with Crippen LogP contribution in [-0.4, -0.2) is 93.1 Å². The lowest BCUT2D eigenvalue weighted by Crippen LogP contribution is -2.53. The lowest BCUT2D eigenvalue weighted by molar-refractivity contribution is -0.159. The third-order valence-electron chi connectivity index (χ3n) is 12.2. The highest BCUT2D eigenvalue weighted by Crippen LogP contribution is 2.31. The van der Waals surface area contributed by atoms with Crippen molar-refractivity contribution in [3.05, 3.63) is 161 Å². The molecule has 14 heteroatoms. The van der Waals surface area contributed by atoms with Gasteiger partial charge in [-0.2, -0.15) is 0 Å². The monoisotopic (exact) mass is 913 g/mol. The molecule has 2 atom stereocenters. The van der Waals surface area contributed by atoms with Crippen LogP contribution in [0, 0.1) is 0 Å². The van der Waals surface area contributed by atoms with Crippen LogP contribution in [0.3, 0.4) is 0 Å². The van der Waals surface area contributed by atoms with Crippen LogP contribution in [0.4, 0.5) is 9.59 Å². The number of carbonyl (C=O) groups excluding carboxylic acids is 4. The van der Waals surface area contributed by atoms with Crippen molar-refractivity contribution in [1.29, 1.82) is 0 Å². The van der Waals surface area contributed by atoms with Gasteiger partial charge in [0.15, 0.2) is 0 Å². The first kappa shape index (κ1) is 48.0. The molecule has 6 aromatic rings. The SMILES string of the molecule is CC(C)(C)OC(=O)[C@@H](CCCCNC(=O)OCc1ccccc1)NC(=O)C(C)(C)c1cnc([C@@H](Cc2c[nH]c3ccccc23)NC(=O)N2CCN(C(c3ccccc3)c3ccccc3)CC2)[nH]1.[HH].[HH]. The number of para-hydroxylation sites is 1. The molecule has 1 saturated heterocycles. The van der Waals surface area contributed by atoms with Gasteiger partial charge in [-0.1, -0.05) is 109 Å². The zero-order valence-corrected chi connectivity index (χ0v) is 39.2. The number of nitrogens with one attached hydrogen (secondary N) is 5. The molecule has 0 aliphatic carbocycles. The Morgan fingerprint density at radius 1 is 0.776 bits per heavy atom. The van der Waals surface area contributed by atoms with Gasteiger partial charge in [0.05, 0.1) is 17.5 Å². The minimum Gasteiger partial charge on any atom is -0.458 e. The van der Waals surface area contributed by atoms with Gasteiger partial charge >= 0.3 is 18.1 Å². The van der Waals surface area contributed by atoms with E-state index >= 15 is 0 Å². The van der Waals surface area contributed by atoms with Gasteiger partial charge in [0.25, 0.3) is 0 Å². The number of benzene rings is 4. The summed E-state index contributed by atoms with van der Waals surface area (Å²) in [6.45, 7) is 11.8. The van der Waals surface area contributed by atoms with Gasteiger partial charge < -0.3 is 40.3 Å². The van der Waals surface area contributed by atoms with E-state index in [4.69, 9.17) is 14.5 Å². The fourth-order valence-electron chi connectivity index (χ4n) is 8.40. The molecular weight excluding hydrogens is 845 g/mol. The molecule has 1 fully saturated rings. The molecule has 4 amide bonds. The van der Waals surface area contributed by atoms with E-state index in [1.165, 1.54) is 11.1 Å². The highest BCUT2D eigenvalue weighted by molar-refractivity contribution is 5.91. The Bertz CT molecular complexity index is 2520. The lowest BCUT2D eigenvalue weighted by Gasteiger charge is -2.40. The van der Waals surface area contributed by atoms with E-state index < -0.39 is 41.1 Å². The maximum Gasteiger partial charge on any atom is 0.407 e. The predicted octanol–water partition coefficient (Wildman–Crippen LogP) is 8.98. The van der Waals surface area contributed by atoms with Crippen molar-refractivity contribution in [3.8, 4) is 0 Å². The lowest BCUT2D eigenvalue weighted by atomic mass is 9.88. The van der Waals surface area contributed by atoms with Crippen LogP contribution in [0.15, 0.2) is 128 Å². The van der Waals surface area contributed by atoms with E-state index in [0.29, 0.717) is 63.5 Å². The van der Waals surface area contributed by atoms with Gasteiger partial charge in [-0.3, -0.25) is 9.69 Å². The molecule has 0 radical (unpaired) electrons. The first-order chi connectivity index (χ1) is 32.2. The van der Waals surface area contributed by atoms with Gasteiger partial charge in [0.1, 0.15) is 24.1 Å². The number of hydrogen-bond donors (Lipinski definition) is 5. The maximum absolute atomic E-state index is 14.2. The van der Waals surface area contributed by atoms with Crippen LogP contribution in [0.5, 0.6) is 0 Å². The molecule has 67 heavy (non-hydrogen) atoms. The Labute approximate surface area is 396 Å². The molecule has 356 valence electrons. The van der Waals surface area contributed by atoms with E-state index in [1.54, 1.807) is 40.8 Å². The fraction of sp³-hybridized carbons (Fsp3) is 0.377. The molecular formula is C53H68N8O6. The number of unbranched alkanes of at least 4 members (excludes halogenated alkanes) is 1. The first-order valence-corrected chi connectivity index (χ1v) is 23.2. The van der Waals surface area contributed by atoms with Crippen molar-refractivity contribution in [2.75, 3.05) is 32.7 Å². The molecule has 14 nitrogen and oxygen atoms in total. The van der Waals surface area contributed by atoms with Crippen molar-refractivity contribution in [3.63, 3.8) is 0 Å². The number of alkyl carbamates (subject to hydrolysis) is 1. The number of amides is 4. The number of ether oxygens (including phenoxy) is 2. The van der Waals surface area contributed by atoms with Gasteiger partial charge in [-0.15, -0.1) is 0 Å². The van der Waals surface area contributed by atoms with Crippen LogP contribution in [-0.2, 0) is 37.5 Å². The number of carbonyl (C=O) groups is 4. The Kier molecular flexibility index (Phi) is 15.8. The molecule has 0 saturated carbocycles. The van der Waals surface area contributed by atoms with Gasteiger partial charge in [0, 0.05) is 71.0 Å². The molecule has 4 aromatic carbocycles. The molecule has 1 aliphatic rings. The number of hydrogen-bond acceptors (Lipinski definition) is 8. The second-order valence-electron chi connectivity index (χ2n) is 18.7. The minimum atomic E-state index is -1.17. The number of aromatic amines is 2. The number of esters is 1. The third kappa shape index (κ3) is 12.9. The maximum atomic E-state index is 14.2. The first-order valence-electron chi connectivity index (χ1n) is 23.2. The predicted molar refractivity (Wildman–Crippen MR) is 263 cm³/mol. The zero-order chi connectivity index (χ0) is 47.4. The summed E-state index contributed by atoms with van der Waals surface area (Å²) in [5.41, 5.74) is 3.86. The summed E-state index contributed by atoms with van der Waals surface area (Å²) < 4.78 is 11.0.